The molecule has 1 aliphatic rings. The fourth-order valence-corrected chi connectivity index (χ4v) is 2.26. The first-order valence-corrected chi connectivity index (χ1v) is 5.92. The summed E-state index contributed by atoms with van der Waals surface area (Å²) in [5.74, 6) is -0.357. The molecule has 98 valence electrons. The van der Waals surface area contributed by atoms with Crippen molar-refractivity contribution in [3.05, 3.63) is 22.1 Å². The largest absolute Gasteiger partial charge is 0.376 e. The third-order valence-corrected chi connectivity index (χ3v) is 3.15. The Hall–Kier alpha value is -1.69. The van der Waals surface area contributed by atoms with Gasteiger partial charge in [-0.3, -0.25) is 14.6 Å². The zero-order chi connectivity index (χ0) is 13.3. The van der Waals surface area contributed by atoms with Gasteiger partial charge < -0.3 is 10.5 Å². The number of Topliss-reactive ketones (excluding diaryl/α,β-unsaturated/α-hetero) is 1. The molecule has 0 radical (unpaired) electrons. The zero-order valence-corrected chi connectivity index (χ0v) is 10.5. The molecule has 3 N–H and O–H groups in total. The number of hydrogen-bond acceptors (Lipinski definition) is 5. The van der Waals surface area contributed by atoms with Gasteiger partial charge in [-0.05, 0) is 26.7 Å². The van der Waals surface area contributed by atoms with E-state index >= 15 is 0 Å². The standard InChI is InChI=1S/C12H17N3O3/c1-12(2)5-7(3-4-18-12)9(16)8-6-14-11(13)15-10(8)17/h6-7H,3-5H2,1-2H3,(H3,13,14,15,17). The maximum absolute atomic E-state index is 12.3. The van der Waals surface area contributed by atoms with Crippen molar-refractivity contribution in [2.24, 2.45) is 5.92 Å². The van der Waals surface area contributed by atoms with Crippen LogP contribution in [0.5, 0.6) is 0 Å². The van der Waals surface area contributed by atoms with E-state index in [1.54, 1.807) is 0 Å². The Morgan fingerprint density at radius 3 is 2.94 bits per heavy atom. The average molecular weight is 251 g/mol. The third kappa shape index (κ3) is 2.59. The van der Waals surface area contributed by atoms with E-state index in [-0.39, 0.29) is 28.8 Å². The minimum Gasteiger partial charge on any atom is -0.376 e. The molecule has 2 heterocycles. The van der Waals surface area contributed by atoms with Crippen LogP contribution in [-0.2, 0) is 4.74 Å². The lowest BCUT2D eigenvalue weighted by atomic mass is 9.84. The number of carbonyl (C=O) groups excluding carboxylic acids is 1. The molecule has 0 saturated carbocycles. The molecule has 1 fully saturated rings. The molecular weight excluding hydrogens is 234 g/mol. The van der Waals surface area contributed by atoms with Crippen molar-refractivity contribution in [1.29, 1.82) is 0 Å². The highest BCUT2D eigenvalue weighted by molar-refractivity contribution is 5.97. The second-order valence-corrected chi connectivity index (χ2v) is 5.17. The van der Waals surface area contributed by atoms with Crippen LogP contribution in [0, 0.1) is 5.92 Å². The second kappa shape index (κ2) is 4.53. The van der Waals surface area contributed by atoms with Crippen molar-refractivity contribution < 1.29 is 9.53 Å². The lowest BCUT2D eigenvalue weighted by Crippen LogP contribution is -2.38. The van der Waals surface area contributed by atoms with Gasteiger partial charge in [0, 0.05) is 18.7 Å². The molecule has 1 atom stereocenters. The van der Waals surface area contributed by atoms with E-state index in [0.29, 0.717) is 19.4 Å². The van der Waals surface area contributed by atoms with Gasteiger partial charge in [0.1, 0.15) is 5.56 Å². The lowest BCUT2D eigenvalue weighted by molar-refractivity contribution is -0.0664. The molecular formula is C12H17N3O3. The highest BCUT2D eigenvalue weighted by Crippen LogP contribution is 2.30. The normalized spacial score (nSPS) is 22.7. The number of nitrogen functional groups attached to an aromatic ring is 1. The van der Waals surface area contributed by atoms with E-state index in [4.69, 9.17) is 10.5 Å². The number of aromatic nitrogens is 2. The number of carbonyl (C=O) groups is 1. The van der Waals surface area contributed by atoms with E-state index in [1.807, 2.05) is 13.8 Å². The van der Waals surface area contributed by atoms with Crippen molar-refractivity contribution >= 4 is 11.7 Å². The van der Waals surface area contributed by atoms with Gasteiger partial charge in [0.15, 0.2) is 11.7 Å². The van der Waals surface area contributed by atoms with Gasteiger partial charge in [-0.25, -0.2) is 4.98 Å². The summed E-state index contributed by atoms with van der Waals surface area (Å²) in [5, 5.41) is 0. The number of rotatable bonds is 2. The summed E-state index contributed by atoms with van der Waals surface area (Å²) in [6.45, 7) is 4.42. The number of anilines is 1. The maximum atomic E-state index is 12.3. The van der Waals surface area contributed by atoms with Crippen LogP contribution in [0.1, 0.15) is 37.0 Å². The Morgan fingerprint density at radius 1 is 1.61 bits per heavy atom. The smallest absolute Gasteiger partial charge is 0.263 e. The fourth-order valence-electron chi connectivity index (χ4n) is 2.26. The number of ketones is 1. The van der Waals surface area contributed by atoms with Gasteiger partial charge in [-0.2, -0.15) is 0 Å². The second-order valence-electron chi connectivity index (χ2n) is 5.17. The summed E-state index contributed by atoms with van der Waals surface area (Å²) in [5.41, 5.74) is 4.63. The SMILES string of the molecule is CC1(C)CC(C(=O)c2cnc(N)[nH]c2=O)CCO1. The molecule has 1 aliphatic heterocycles. The van der Waals surface area contributed by atoms with Crippen molar-refractivity contribution in [1.82, 2.24) is 9.97 Å². The molecule has 0 amide bonds. The van der Waals surface area contributed by atoms with Crippen LogP contribution in [0.25, 0.3) is 0 Å². The highest BCUT2D eigenvalue weighted by atomic mass is 16.5. The highest BCUT2D eigenvalue weighted by Gasteiger charge is 2.34. The Morgan fingerprint density at radius 2 is 2.33 bits per heavy atom. The van der Waals surface area contributed by atoms with Gasteiger partial charge in [-0.15, -0.1) is 0 Å². The number of nitrogens with zero attached hydrogens (tertiary/aromatic N) is 1. The topological polar surface area (TPSA) is 98.1 Å². The van der Waals surface area contributed by atoms with Crippen molar-refractivity contribution in [3.63, 3.8) is 0 Å². The molecule has 6 nitrogen and oxygen atoms in total. The predicted molar refractivity (Wildman–Crippen MR) is 66.4 cm³/mol. The van der Waals surface area contributed by atoms with E-state index in [9.17, 15) is 9.59 Å². The fraction of sp³-hybridized carbons (Fsp3) is 0.583. The number of nitrogens with one attached hydrogen (secondary N) is 1. The average Bonchev–Trinajstić information content (AvgIpc) is 2.27. The Bertz CT molecular complexity index is 522. The minimum absolute atomic E-state index is 0.0175. The van der Waals surface area contributed by atoms with Crippen LogP contribution >= 0.6 is 0 Å². The van der Waals surface area contributed by atoms with Crippen molar-refractivity contribution in [2.75, 3.05) is 12.3 Å². The molecule has 1 aromatic heterocycles. The van der Waals surface area contributed by atoms with Gasteiger partial charge >= 0.3 is 0 Å². The summed E-state index contributed by atoms with van der Waals surface area (Å²) < 4.78 is 5.56. The van der Waals surface area contributed by atoms with Gasteiger partial charge in [0.25, 0.3) is 5.56 Å². The first-order chi connectivity index (χ1) is 8.39. The molecule has 1 aromatic rings. The summed E-state index contributed by atoms with van der Waals surface area (Å²) in [4.78, 5) is 30.0. The Balaban J connectivity index is 2.23. The quantitative estimate of drug-likeness (QED) is 0.755. The number of aromatic amines is 1. The molecule has 0 aromatic carbocycles. The molecule has 0 aliphatic carbocycles. The molecule has 1 saturated heterocycles. The Kier molecular flexibility index (Phi) is 3.21. The summed E-state index contributed by atoms with van der Waals surface area (Å²) in [6.07, 6.45) is 2.49. The monoisotopic (exact) mass is 251 g/mol. The lowest BCUT2D eigenvalue weighted by Gasteiger charge is -2.34. The number of H-pyrrole nitrogens is 1. The number of hydrogen-bond donors (Lipinski definition) is 2. The summed E-state index contributed by atoms with van der Waals surface area (Å²) >= 11 is 0. The van der Waals surface area contributed by atoms with E-state index in [0.717, 1.165) is 0 Å². The van der Waals surface area contributed by atoms with E-state index in [2.05, 4.69) is 9.97 Å². The van der Waals surface area contributed by atoms with Gasteiger partial charge in [-0.1, -0.05) is 0 Å². The molecule has 1 unspecified atom stereocenters. The number of nitrogens with two attached hydrogens (primary N) is 1. The Labute approximate surface area is 105 Å². The van der Waals surface area contributed by atoms with Crippen molar-refractivity contribution in [3.8, 4) is 0 Å². The first-order valence-electron chi connectivity index (χ1n) is 5.92. The van der Waals surface area contributed by atoms with E-state index in [1.165, 1.54) is 6.20 Å². The maximum Gasteiger partial charge on any atom is 0.263 e. The number of ether oxygens (including phenoxy) is 1. The summed E-state index contributed by atoms with van der Waals surface area (Å²) in [6, 6.07) is 0. The molecule has 0 spiro atoms. The predicted octanol–water partition coefficient (Wildman–Crippen LogP) is 0.740. The van der Waals surface area contributed by atoms with E-state index < -0.39 is 5.56 Å². The minimum atomic E-state index is -0.475. The first kappa shape index (κ1) is 12.8. The van der Waals surface area contributed by atoms with Crippen LogP contribution in [0.2, 0.25) is 0 Å². The molecule has 2 rings (SSSR count). The summed E-state index contributed by atoms with van der Waals surface area (Å²) in [7, 11) is 0. The van der Waals surface area contributed by atoms with Gasteiger partial charge in [0.2, 0.25) is 0 Å². The third-order valence-electron chi connectivity index (χ3n) is 3.15. The zero-order valence-electron chi connectivity index (χ0n) is 10.5. The van der Waals surface area contributed by atoms with Crippen LogP contribution in [0.4, 0.5) is 5.95 Å². The molecule has 6 heteroatoms. The molecule has 18 heavy (non-hydrogen) atoms. The van der Waals surface area contributed by atoms with Crippen LogP contribution in [-0.4, -0.2) is 28.0 Å². The van der Waals surface area contributed by atoms with Crippen LogP contribution < -0.4 is 11.3 Å². The van der Waals surface area contributed by atoms with Gasteiger partial charge in [0.05, 0.1) is 5.60 Å². The van der Waals surface area contributed by atoms with Crippen molar-refractivity contribution in [2.45, 2.75) is 32.3 Å². The van der Waals surface area contributed by atoms with Crippen LogP contribution in [0.15, 0.2) is 11.0 Å². The molecule has 0 bridgehead atoms. The van der Waals surface area contributed by atoms with Crippen LogP contribution in [0.3, 0.4) is 0 Å².